The number of carbonyl (C=O) groups is 5. The van der Waals surface area contributed by atoms with Gasteiger partial charge in [-0.3, -0.25) is 34.2 Å². The molecular weight excluding hydrogens is 823 g/mol. The lowest BCUT2D eigenvalue weighted by atomic mass is 10.0. The molecule has 4 N–H and O–H groups in total. The Morgan fingerprint density at radius 1 is 1.05 bits per heavy atom. The third kappa shape index (κ3) is 12.3. The number of halogens is 2. The Balaban J connectivity index is 0.871. The predicted octanol–water partition coefficient (Wildman–Crippen LogP) is 7.00. The van der Waals surface area contributed by atoms with Gasteiger partial charge in [0.2, 0.25) is 24.1 Å². The van der Waals surface area contributed by atoms with Crippen LogP contribution >= 0.6 is 23.4 Å². The number of rotatable bonds is 20. The summed E-state index contributed by atoms with van der Waals surface area (Å²) in [5.41, 5.74) is 3.27. The zero-order chi connectivity index (χ0) is 43.3. The summed E-state index contributed by atoms with van der Waals surface area (Å²) in [4.78, 5) is 74.8. The predicted molar refractivity (Wildman–Crippen MR) is 235 cm³/mol. The van der Waals surface area contributed by atoms with Crippen molar-refractivity contribution in [1.29, 1.82) is 0 Å². The van der Waals surface area contributed by atoms with Crippen LogP contribution in [0.3, 0.4) is 0 Å². The standard InChI is InChI=1S/C44H50ClFN8O6S/c1-28(12-15-40(56)49-27-55)54-25-33-31(44(54)59)8-6-9-39(33)61-21-5-3-4-10-41(57)50-29-16-19-53(20-17-29)18-7-11-42(58)52-37-23-32-36(24-38(37)60-2)47-26-48-43(32)51-30-13-14-35(46)34(45)22-30/h6-9,11,13-14,22-24,26-29H,3-5,10,12,15-21,25H2,1-2H3,(H,50,57)(H,52,58)(H,47,48,51)(H,49,55,56)/b11-7+. The largest absolute Gasteiger partial charge is 0.494 e. The number of unbranched alkanes of at least 4 members (excludes halogenated alkanes) is 2. The van der Waals surface area contributed by atoms with Crippen LogP contribution in [0.15, 0.2) is 71.9 Å². The van der Waals surface area contributed by atoms with Gasteiger partial charge in [-0.05, 0) is 86.7 Å². The van der Waals surface area contributed by atoms with E-state index in [1.54, 1.807) is 34.9 Å². The molecule has 322 valence electrons. The molecule has 2 aliphatic rings. The Labute approximate surface area is 363 Å². The summed E-state index contributed by atoms with van der Waals surface area (Å²) < 4.78 is 19.2. The summed E-state index contributed by atoms with van der Waals surface area (Å²) in [6, 6.07) is 13.5. The molecule has 1 unspecified atom stereocenters. The van der Waals surface area contributed by atoms with Crippen molar-refractivity contribution in [2.75, 3.05) is 43.1 Å². The number of nitrogens with one attached hydrogen (secondary N) is 4. The van der Waals surface area contributed by atoms with Gasteiger partial charge in [0.05, 0.1) is 23.3 Å². The lowest BCUT2D eigenvalue weighted by Gasteiger charge is -2.31. The molecule has 1 atom stereocenters. The lowest BCUT2D eigenvalue weighted by molar-refractivity contribution is -0.125. The fourth-order valence-electron chi connectivity index (χ4n) is 7.40. The zero-order valence-corrected chi connectivity index (χ0v) is 35.8. The Bertz CT molecular complexity index is 2270. The Hall–Kier alpha value is -5.58. The minimum Gasteiger partial charge on any atom is -0.494 e. The van der Waals surface area contributed by atoms with E-state index in [4.69, 9.17) is 16.3 Å². The van der Waals surface area contributed by atoms with Crippen LogP contribution in [0.1, 0.15) is 74.2 Å². The van der Waals surface area contributed by atoms with Gasteiger partial charge in [-0.1, -0.05) is 30.2 Å². The van der Waals surface area contributed by atoms with Crippen LogP contribution in [0.2, 0.25) is 5.02 Å². The number of thioether (sulfide) groups is 1. The maximum atomic E-state index is 13.7. The minimum atomic E-state index is -0.530. The van der Waals surface area contributed by atoms with Crippen LogP contribution in [-0.4, -0.2) is 94.4 Å². The van der Waals surface area contributed by atoms with E-state index < -0.39 is 5.82 Å². The van der Waals surface area contributed by atoms with Crippen molar-refractivity contribution in [2.24, 2.45) is 0 Å². The number of piperidine rings is 1. The first-order valence-electron chi connectivity index (χ1n) is 20.4. The van der Waals surface area contributed by atoms with Crippen LogP contribution < -0.4 is 26.0 Å². The van der Waals surface area contributed by atoms with Gasteiger partial charge in [-0.25, -0.2) is 14.4 Å². The monoisotopic (exact) mass is 872 g/mol. The fourth-order valence-corrected chi connectivity index (χ4v) is 8.67. The summed E-state index contributed by atoms with van der Waals surface area (Å²) in [6.07, 6.45) is 10.5. The van der Waals surface area contributed by atoms with Crippen LogP contribution in [0, 0.1) is 5.82 Å². The van der Waals surface area contributed by atoms with E-state index in [9.17, 15) is 28.4 Å². The number of aromatic nitrogens is 2. The number of imide groups is 1. The zero-order valence-electron chi connectivity index (χ0n) is 34.2. The molecule has 0 bridgehead atoms. The number of amides is 5. The molecule has 0 radical (unpaired) electrons. The summed E-state index contributed by atoms with van der Waals surface area (Å²) >= 11 is 7.68. The summed E-state index contributed by atoms with van der Waals surface area (Å²) in [7, 11) is 1.51. The molecule has 1 fully saturated rings. The third-order valence-electron chi connectivity index (χ3n) is 10.8. The van der Waals surface area contributed by atoms with Gasteiger partial charge in [0.15, 0.2) is 0 Å². The normalized spacial score (nSPS) is 14.8. The molecule has 3 aromatic carbocycles. The molecule has 0 spiro atoms. The summed E-state index contributed by atoms with van der Waals surface area (Å²) in [6.45, 7) is 4.60. The average molecular weight is 873 g/mol. The molecule has 14 nitrogen and oxygen atoms in total. The van der Waals surface area contributed by atoms with Crippen molar-refractivity contribution in [3.8, 4) is 5.75 Å². The van der Waals surface area contributed by atoms with Gasteiger partial charge in [0.1, 0.15) is 23.7 Å². The minimum absolute atomic E-state index is 0.0266. The molecule has 0 saturated carbocycles. The van der Waals surface area contributed by atoms with Gasteiger partial charge in [0, 0.05) is 84.8 Å². The summed E-state index contributed by atoms with van der Waals surface area (Å²) in [5, 5.41) is 11.9. The molecule has 1 saturated heterocycles. The Kier molecular flexibility index (Phi) is 16.1. The number of ether oxygens (including phenoxy) is 1. The molecule has 61 heavy (non-hydrogen) atoms. The van der Waals surface area contributed by atoms with E-state index in [1.807, 2.05) is 31.2 Å². The maximum Gasteiger partial charge on any atom is 0.254 e. The first-order chi connectivity index (χ1) is 29.5. The van der Waals surface area contributed by atoms with Crippen molar-refractivity contribution in [3.63, 3.8) is 0 Å². The van der Waals surface area contributed by atoms with Crippen LogP contribution in [0.5, 0.6) is 5.75 Å². The van der Waals surface area contributed by atoms with Crippen molar-refractivity contribution in [2.45, 2.75) is 81.8 Å². The van der Waals surface area contributed by atoms with E-state index in [2.05, 4.69) is 36.1 Å². The highest BCUT2D eigenvalue weighted by atomic mass is 35.5. The number of methoxy groups -OCH3 is 1. The number of likely N-dealkylation sites (tertiary alicyclic amines) is 1. The van der Waals surface area contributed by atoms with Gasteiger partial charge in [-0.15, -0.1) is 11.8 Å². The second-order valence-electron chi connectivity index (χ2n) is 15.0. The molecular formula is C44H50ClFN8O6S. The highest BCUT2D eigenvalue weighted by Gasteiger charge is 2.32. The number of anilines is 3. The van der Waals surface area contributed by atoms with E-state index in [-0.39, 0.29) is 47.2 Å². The number of hydrogen-bond acceptors (Lipinski definition) is 11. The van der Waals surface area contributed by atoms with Gasteiger partial charge < -0.3 is 25.6 Å². The van der Waals surface area contributed by atoms with Gasteiger partial charge in [0.25, 0.3) is 5.91 Å². The van der Waals surface area contributed by atoms with Crippen molar-refractivity contribution in [3.05, 3.63) is 89.0 Å². The highest BCUT2D eigenvalue weighted by Crippen LogP contribution is 2.35. The maximum absolute atomic E-state index is 13.7. The van der Waals surface area contributed by atoms with Crippen LogP contribution in [0.25, 0.3) is 10.9 Å². The quantitative estimate of drug-likeness (QED) is 0.0312. The van der Waals surface area contributed by atoms with Crippen LogP contribution in [0.4, 0.5) is 21.6 Å². The number of hydrogen-bond donors (Lipinski definition) is 4. The molecule has 1 aromatic heterocycles. The molecule has 6 rings (SSSR count). The van der Waals surface area contributed by atoms with Gasteiger partial charge >= 0.3 is 0 Å². The molecule has 5 amide bonds. The molecule has 2 aliphatic heterocycles. The van der Waals surface area contributed by atoms with Crippen molar-refractivity contribution in [1.82, 2.24) is 30.4 Å². The van der Waals surface area contributed by atoms with Gasteiger partial charge in [-0.2, -0.15) is 0 Å². The average Bonchev–Trinajstić information content (AvgIpc) is 3.59. The Morgan fingerprint density at radius 3 is 2.64 bits per heavy atom. The molecule has 0 aliphatic carbocycles. The number of nitrogens with zero attached hydrogens (tertiary/aromatic N) is 4. The van der Waals surface area contributed by atoms with E-state index in [0.717, 1.165) is 61.4 Å². The smallest absolute Gasteiger partial charge is 0.254 e. The van der Waals surface area contributed by atoms with E-state index in [1.165, 1.54) is 31.6 Å². The second-order valence-corrected chi connectivity index (χ2v) is 16.6. The first kappa shape index (κ1) is 45.0. The third-order valence-corrected chi connectivity index (χ3v) is 12.3. The number of carbonyl (C=O) groups excluding carboxylic acids is 5. The number of fused-ring (bicyclic) bond motifs is 2. The molecule has 17 heteroatoms. The topological polar surface area (TPSA) is 175 Å². The van der Waals surface area contributed by atoms with Crippen molar-refractivity contribution < 1.29 is 33.1 Å². The summed E-state index contributed by atoms with van der Waals surface area (Å²) in [5.74, 6) is 0.572. The van der Waals surface area contributed by atoms with Crippen LogP contribution in [-0.2, 0) is 25.7 Å². The highest BCUT2D eigenvalue weighted by molar-refractivity contribution is 7.99. The first-order valence-corrected chi connectivity index (χ1v) is 21.7. The fraction of sp³-hybridized carbons (Fsp3) is 0.386. The van der Waals surface area contributed by atoms with E-state index in [0.29, 0.717) is 71.7 Å². The molecule has 3 heterocycles. The SMILES string of the molecule is COc1cc2ncnc(Nc3ccc(F)c(Cl)c3)c2cc1NC(=O)/C=C/CN1CCC(NC(=O)CCCCCSc2cccc3c2CN(C(C)CCC(=O)NC=O)C3=O)CC1. The van der Waals surface area contributed by atoms with Crippen molar-refractivity contribution >= 4 is 81.5 Å². The van der Waals surface area contributed by atoms with E-state index >= 15 is 0 Å². The molecule has 4 aromatic rings. The lowest BCUT2D eigenvalue weighted by Crippen LogP contribution is -2.44. The Morgan fingerprint density at radius 2 is 1.87 bits per heavy atom. The second kappa shape index (κ2) is 21.8. The number of benzene rings is 3.